The Labute approximate surface area is 168 Å². The lowest BCUT2D eigenvalue weighted by Crippen LogP contribution is -2.34. The molecule has 0 amide bonds. The number of allylic oxidation sites excluding steroid dienone is 1. The molecule has 3 unspecified atom stereocenters. The van der Waals surface area contributed by atoms with Crippen molar-refractivity contribution in [1.82, 2.24) is 0 Å². The van der Waals surface area contributed by atoms with Crippen LogP contribution in [0.15, 0.2) is 12.2 Å². The topological polar surface area (TPSA) is 110 Å². The molecule has 1 rings (SSSR count). The third-order valence-corrected chi connectivity index (χ3v) is 5.72. The Bertz CT molecular complexity index is 495. The fraction of sp³-hybridized carbons (Fsp3) is 0.857. The van der Waals surface area contributed by atoms with Crippen LogP contribution in [0, 0.1) is 22.0 Å². The van der Waals surface area contributed by atoms with Gasteiger partial charge in [-0.15, -0.1) is 0 Å². The molecule has 0 aromatic carbocycles. The number of hydrogen-bond acceptors (Lipinski definition) is 6. The number of aliphatic hydroxyl groups is 2. The third-order valence-electron chi connectivity index (χ3n) is 5.72. The standard InChI is InChI=1S/C21H37NO6/c1-3-4-7-10-17(23)14-13-16-15-19(24)21(22(26)27)18(16)11-8-5-6-9-12-20(25)28-2/h13-14,16-19,21,23-24H,3-12,15H2,1-2H3/t16-,17?,18-,19?,21?/m1/s1. The summed E-state index contributed by atoms with van der Waals surface area (Å²) in [5.41, 5.74) is 0. The first-order valence-corrected chi connectivity index (χ1v) is 10.6. The first-order valence-electron chi connectivity index (χ1n) is 10.6. The summed E-state index contributed by atoms with van der Waals surface area (Å²) < 4.78 is 4.61. The minimum absolute atomic E-state index is 0.0821. The van der Waals surface area contributed by atoms with Crippen molar-refractivity contribution < 1.29 is 24.7 Å². The molecule has 0 heterocycles. The van der Waals surface area contributed by atoms with E-state index in [1.165, 1.54) is 7.11 Å². The van der Waals surface area contributed by atoms with E-state index in [9.17, 15) is 25.1 Å². The van der Waals surface area contributed by atoms with Crippen LogP contribution >= 0.6 is 0 Å². The summed E-state index contributed by atoms with van der Waals surface area (Å²) in [6, 6.07) is -0.943. The van der Waals surface area contributed by atoms with E-state index in [1.54, 1.807) is 6.08 Å². The van der Waals surface area contributed by atoms with Crippen molar-refractivity contribution in [2.45, 2.75) is 95.8 Å². The summed E-state index contributed by atoms with van der Waals surface area (Å²) in [7, 11) is 1.37. The van der Waals surface area contributed by atoms with Crippen molar-refractivity contribution in [3.63, 3.8) is 0 Å². The van der Waals surface area contributed by atoms with Crippen LogP contribution in [0.25, 0.3) is 0 Å². The second-order valence-electron chi connectivity index (χ2n) is 7.88. The highest BCUT2D eigenvalue weighted by atomic mass is 16.6. The SMILES string of the molecule is CCCCCC(O)C=C[C@@H]1CC(O)C([N+](=O)[O-])[C@@H]1CCCCCCC(=O)OC. The molecule has 7 heteroatoms. The van der Waals surface area contributed by atoms with Gasteiger partial charge in [0.2, 0.25) is 6.04 Å². The van der Waals surface area contributed by atoms with Gasteiger partial charge in [0.05, 0.1) is 13.2 Å². The van der Waals surface area contributed by atoms with Crippen molar-refractivity contribution in [2.24, 2.45) is 11.8 Å². The molecule has 0 aromatic heterocycles. The lowest BCUT2D eigenvalue weighted by Gasteiger charge is -2.18. The molecule has 0 spiro atoms. The normalized spacial score (nSPS) is 25.9. The lowest BCUT2D eigenvalue weighted by molar-refractivity contribution is -0.539. The molecule has 162 valence electrons. The highest BCUT2D eigenvalue weighted by molar-refractivity contribution is 5.68. The molecule has 0 bridgehead atoms. The maximum atomic E-state index is 11.4. The van der Waals surface area contributed by atoms with Gasteiger partial charge in [0.15, 0.2) is 0 Å². The van der Waals surface area contributed by atoms with Crippen molar-refractivity contribution >= 4 is 5.97 Å². The summed E-state index contributed by atoms with van der Waals surface area (Å²) in [5, 5.41) is 31.7. The first-order chi connectivity index (χ1) is 13.4. The van der Waals surface area contributed by atoms with Gasteiger partial charge in [-0.25, -0.2) is 0 Å². The number of rotatable bonds is 14. The fourth-order valence-corrected chi connectivity index (χ4v) is 4.11. The summed E-state index contributed by atoms with van der Waals surface area (Å²) in [4.78, 5) is 22.2. The molecule has 1 aliphatic carbocycles. The minimum atomic E-state index is -0.943. The third kappa shape index (κ3) is 8.69. The average molecular weight is 400 g/mol. The summed E-state index contributed by atoms with van der Waals surface area (Å²) in [5.74, 6) is -0.513. The van der Waals surface area contributed by atoms with E-state index in [-0.39, 0.29) is 22.7 Å². The van der Waals surface area contributed by atoms with E-state index >= 15 is 0 Å². The Hall–Kier alpha value is -1.47. The second kappa shape index (κ2) is 13.7. The predicted octanol–water partition coefficient (Wildman–Crippen LogP) is 3.64. The maximum Gasteiger partial charge on any atom is 0.305 e. The molecule has 0 radical (unpaired) electrons. The van der Waals surface area contributed by atoms with Gasteiger partial charge in [0.25, 0.3) is 0 Å². The minimum Gasteiger partial charge on any atom is -0.469 e. The summed E-state index contributed by atoms with van der Waals surface area (Å²) >= 11 is 0. The number of carbonyl (C=O) groups excluding carboxylic acids is 1. The molecule has 1 saturated carbocycles. The Morgan fingerprint density at radius 1 is 1.25 bits per heavy atom. The number of nitro groups is 1. The van der Waals surface area contributed by atoms with Gasteiger partial charge in [-0.2, -0.15) is 0 Å². The highest BCUT2D eigenvalue weighted by Crippen LogP contribution is 2.38. The van der Waals surface area contributed by atoms with Crippen molar-refractivity contribution in [2.75, 3.05) is 7.11 Å². The summed E-state index contributed by atoms with van der Waals surface area (Å²) in [6.07, 6.45) is 10.8. The highest BCUT2D eigenvalue weighted by Gasteiger charge is 2.48. The van der Waals surface area contributed by atoms with Crippen LogP contribution < -0.4 is 0 Å². The molecule has 28 heavy (non-hydrogen) atoms. The zero-order valence-electron chi connectivity index (χ0n) is 17.3. The quantitative estimate of drug-likeness (QED) is 0.152. The van der Waals surface area contributed by atoms with E-state index in [2.05, 4.69) is 11.7 Å². The fourth-order valence-electron chi connectivity index (χ4n) is 4.11. The Morgan fingerprint density at radius 2 is 1.96 bits per heavy atom. The summed E-state index contributed by atoms with van der Waals surface area (Å²) in [6.45, 7) is 2.11. The maximum absolute atomic E-state index is 11.4. The molecule has 0 saturated heterocycles. The number of carbonyl (C=O) groups is 1. The van der Waals surface area contributed by atoms with Crippen LogP contribution in [0.4, 0.5) is 0 Å². The Kier molecular flexibility index (Phi) is 12.0. The van der Waals surface area contributed by atoms with Crippen molar-refractivity contribution in [3.8, 4) is 0 Å². The number of aliphatic hydroxyl groups excluding tert-OH is 2. The molecule has 0 aliphatic heterocycles. The van der Waals surface area contributed by atoms with Crippen molar-refractivity contribution in [1.29, 1.82) is 0 Å². The monoisotopic (exact) mass is 399 g/mol. The van der Waals surface area contributed by atoms with Crippen LogP contribution in [-0.4, -0.2) is 46.5 Å². The van der Waals surface area contributed by atoms with Crippen LogP contribution in [0.5, 0.6) is 0 Å². The van der Waals surface area contributed by atoms with E-state index < -0.39 is 18.2 Å². The van der Waals surface area contributed by atoms with Gasteiger partial charge < -0.3 is 14.9 Å². The van der Waals surface area contributed by atoms with Crippen LogP contribution in [0.2, 0.25) is 0 Å². The number of hydrogen-bond donors (Lipinski definition) is 2. The molecule has 5 atom stereocenters. The number of esters is 1. The van der Waals surface area contributed by atoms with Crippen molar-refractivity contribution in [3.05, 3.63) is 22.3 Å². The van der Waals surface area contributed by atoms with E-state index in [1.807, 2.05) is 6.08 Å². The number of unbranched alkanes of at least 4 members (excludes halogenated alkanes) is 5. The molecule has 2 N–H and O–H groups in total. The van der Waals surface area contributed by atoms with E-state index in [4.69, 9.17) is 0 Å². The molecule has 0 aromatic rings. The molecule has 7 nitrogen and oxygen atoms in total. The number of nitrogens with zero attached hydrogens (tertiary/aromatic N) is 1. The molecular formula is C21H37NO6. The first kappa shape index (κ1) is 24.6. The smallest absolute Gasteiger partial charge is 0.305 e. The van der Waals surface area contributed by atoms with Gasteiger partial charge in [0, 0.05) is 17.3 Å². The second-order valence-corrected chi connectivity index (χ2v) is 7.88. The predicted molar refractivity (Wildman–Crippen MR) is 107 cm³/mol. The average Bonchev–Trinajstić information content (AvgIpc) is 2.98. The zero-order chi connectivity index (χ0) is 20.9. The Morgan fingerprint density at radius 3 is 2.61 bits per heavy atom. The van der Waals surface area contributed by atoms with Gasteiger partial charge in [-0.3, -0.25) is 14.9 Å². The van der Waals surface area contributed by atoms with Gasteiger partial charge in [0.1, 0.15) is 6.10 Å². The molecule has 1 aliphatic rings. The van der Waals surface area contributed by atoms with Crippen LogP contribution in [0.3, 0.4) is 0 Å². The Balaban J connectivity index is 2.52. The number of ether oxygens (including phenoxy) is 1. The van der Waals surface area contributed by atoms with Crippen LogP contribution in [0.1, 0.15) is 77.6 Å². The van der Waals surface area contributed by atoms with E-state index in [0.29, 0.717) is 25.7 Å². The largest absolute Gasteiger partial charge is 0.469 e. The number of methoxy groups -OCH3 is 1. The van der Waals surface area contributed by atoms with Gasteiger partial charge in [-0.05, 0) is 31.6 Å². The van der Waals surface area contributed by atoms with Gasteiger partial charge >= 0.3 is 5.97 Å². The van der Waals surface area contributed by atoms with Gasteiger partial charge in [-0.1, -0.05) is 57.6 Å². The molecule has 1 fully saturated rings. The zero-order valence-corrected chi connectivity index (χ0v) is 17.3. The molecular weight excluding hydrogens is 362 g/mol. The van der Waals surface area contributed by atoms with Crippen LogP contribution in [-0.2, 0) is 9.53 Å². The lowest BCUT2D eigenvalue weighted by atomic mass is 9.87. The van der Waals surface area contributed by atoms with E-state index in [0.717, 1.165) is 44.9 Å².